The number of hydrogen-bond donors (Lipinski definition) is 0. The van der Waals surface area contributed by atoms with E-state index in [1.165, 1.54) is 10.8 Å². The van der Waals surface area contributed by atoms with Crippen molar-refractivity contribution < 1.29 is 0 Å². The van der Waals surface area contributed by atoms with Crippen LogP contribution in [0.15, 0.2) is 121 Å². The number of nitrogens with zero attached hydrogens (tertiary/aromatic N) is 4. The first kappa shape index (κ1) is 20.4. The van der Waals surface area contributed by atoms with Crippen molar-refractivity contribution in [1.82, 2.24) is 19.9 Å². The molecule has 0 radical (unpaired) electrons. The fourth-order valence-electron chi connectivity index (χ4n) is 4.70. The highest BCUT2D eigenvalue weighted by Gasteiger charge is 2.15. The van der Waals surface area contributed by atoms with Gasteiger partial charge < -0.3 is 0 Å². The fourth-order valence-corrected chi connectivity index (χ4v) is 4.70. The summed E-state index contributed by atoms with van der Waals surface area (Å²) in [6, 6.07) is 39.1. The Kier molecular flexibility index (Phi) is 4.74. The van der Waals surface area contributed by atoms with E-state index in [9.17, 15) is 0 Å². The van der Waals surface area contributed by atoms with E-state index < -0.39 is 0 Å². The summed E-state index contributed by atoms with van der Waals surface area (Å²) in [7, 11) is 0. The highest BCUT2D eigenvalue weighted by molar-refractivity contribution is 6.09. The predicted molar refractivity (Wildman–Crippen MR) is 146 cm³/mol. The molecule has 0 aliphatic heterocycles. The number of hydrogen-bond acceptors (Lipinski definition) is 4. The maximum Gasteiger partial charge on any atom is 0.160 e. The molecule has 0 N–H and O–H groups in total. The van der Waals surface area contributed by atoms with Crippen molar-refractivity contribution in [2.24, 2.45) is 0 Å². The first-order valence-corrected chi connectivity index (χ1v) is 11.9. The van der Waals surface area contributed by atoms with Gasteiger partial charge in [-0.15, -0.1) is 0 Å². The minimum atomic E-state index is 0.686. The highest BCUT2D eigenvalue weighted by Crippen LogP contribution is 2.34. The topological polar surface area (TPSA) is 51.6 Å². The summed E-state index contributed by atoms with van der Waals surface area (Å²) >= 11 is 0. The zero-order valence-electron chi connectivity index (χ0n) is 19.3. The van der Waals surface area contributed by atoms with Gasteiger partial charge in [0.15, 0.2) is 11.6 Å². The molecule has 0 amide bonds. The number of benzene rings is 5. The van der Waals surface area contributed by atoms with Crippen LogP contribution in [0, 0.1) is 0 Å². The first-order chi connectivity index (χ1) is 17.8. The standard InChI is InChI=1S/C32H20N4/c1-3-10-22(11-4-1)31-33-20-27-28(34-31)18-17-26-29(25-16-15-21-9-7-8-14-24(21)19-25)35-32(36-30(26)27)23-12-5-2-6-13-23/h1-20H. The lowest BCUT2D eigenvalue weighted by Gasteiger charge is -2.12. The molecule has 0 spiro atoms. The fraction of sp³-hybridized carbons (Fsp3) is 0. The van der Waals surface area contributed by atoms with Gasteiger partial charge in [-0.1, -0.05) is 97.1 Å². The molecule has 7 rings (SSSR count). The molecule has 0 aliphatic rings. The molecule has 0 atom stereocenters. The smallest absolute Gasteiger partial charge is 0.160 e. The zero-order valence-corrected chi connectivity index (χ0v) is 19.3. The van der Waals surface area contributed by atoms with Gasteiger partial charge in [0.05, 0.1) is 16.7 Å². The monoisotopic (exact) mass is 460 g/mol. The Balaban J connectivity index is 1.51. The summed E-state index contributed by atoms with van der Waals surface area (Å²) in [5.41, 5.74) is 5.63. The van der Waals surface area contributed by atoms with Crippen molar-refractivity contribution in [3.63, 3.8) is 0 Å². The van der Waals surface area contributed by atoms with Crippen LogP contribution < -0.4 is 0 Å². The molecule has 2 aromatic heterocycles. The van der Waals surface area contributed by atoms with Crippen LogP contribution >= 0.6 is 0 Å². The largest absolute Gasteiger partial charge is 0.236 e. The molecule has 0 unspecified atom stereocenters. The Labute approximate surface area is 208 Å². The zero-order chi connectivity index (χ0) is 23.9. The lowest BCUT2D eigenvalue weighted by molar-refractivity contribution is 1.21. The molecule has 4 nitrogen and oxygen atoms in total. The molecule has 2 heterocycles. The number of rotatable bonds is 3. The van der Waals surface area contributed by atoms with Crippen LogP contribution in [0.1, 0.15) is 0 Å². The van der Waals surface area contributed by atoms with Gasteiger partial charge >= 0.3 is 0 Å². The van der Waals surface area contributed by atoms with Crippen molar-refractivity contribution in [2.75, 3.05) is 0 Å². The van der Waals surface area contributed by atoms with Gasteiger partial charge in [-0.05, 0) is 29.0 Å². The van der Waals surface area contributed by atoms with Crippen LogP contribution in [0.2, 0.25) is 0 Å². The van der Waals surface area contributed by atoms with E-state index in [0.29, 0.717) is 11.6 Å². The average molecular weight is 461 g/mol. The maximum atomic E-state index is 5.07. The van der Waals surface area contributed by atoms with E-state index in [4.69, 9.17) is 19.9 Å². The molecule has 168 valence electrons. The van der Waals surface area contributed by atoms with Crippen molar-refractivity contribution in [2.45, 2.75) is 0 Å². The molecule has 0 fully saturated rings. The third-order valence-electron chi connectivity index (χ3n) is 6.51. The predicted octanol–water partition coefficient (Wildman–Crippen LogP) is 7.73. The molecule has 0 aliphatic carbocycles. The maximum absolute atomic E-state index is 5.07. The second kappa shape index (κ2) is 8.36. The lowest BCUT2D eigenvalue weighted by atomic mass is 10.0. The molecule has 7 aromatic rings. The number of aromatic nitrogens is 4. The molecule has 36 heavy (non-hydrogen) atoms. The molecule has 0 bridgehead atoms. The van der Waals surface area contributed by atoms with Gasteiger partial charge in [0.25, 0.3) is 0 Å². The van der Waals surface area contributed by atoms with Gasteiger partial charge in [-0.2, -0.15) is 0 Å². The normalized spacial score (nSPS) is 11.3. The van der Waals surface area contributed by atoms with Crippen LogP contribution in [-0.4, -0.2) is 19.9 Å². The van der Waals surface area contributed by atoms with E-state index >= 15 is 0 Å². The number of fused-ring (bicyclic) bond motifs is 4. The minimum Gasteiger partial charge on any atom is -0.236 e. The quantitative estimate of drug-likeness (QED) is 0.253. The van der Waals surface area contributed by atoms with Gasteiger partial charge in [0.1, 0.15) is 0 Å². The van der Waals surface area contributed by atoms with E-state index in [-0.39, 0.29) is 0 Å². The second-order valence-electron chi connectivity index (χ2n) is 8.78. The van der Waals surface area contributed by atoms with E-state index in [0.717, 1.165) is 44.2 Å². The van der Waals surface area contributed by atoms with Crippen molar-refractivity contribution >= 4 is 32.6 Å². The molecule has 0 saturated heterocycles. The summed E-state index contributed by atoms with van der Waals surface area (Å²) in [6.45, 7) is 0. The van der Waals surface area contributed by atoms with E-state index in [2.05, 4.69) is 48.5 Å². The average Bonchev–Trinajstić information content (AvgIpc) is 2.97. The Hall–Kier alpha value is -4.96. The van der Waals surface area contributed by atoms with Crippen LogP contribution in [0.25, 0.3) is 66.6 Å². The SMILES string of the molecule is c1ccc(-c2ncc3c(ccc4c(-c5ccc6ccccc6c5)nc(-c5ccccc5)nc43)n2)cc1. The third kappa shape index (κ3) is 3.48. The van der Waals surface area contributed by atoms with Crippen LogP contribution in [-0.2, 0) is 0 Å². The van der Waals surface area contributed by atoms with Crippen molar-refractivity contribution in [3.8, 4) is 34.0 Å². The third-order valence-corrected chi connectivity index (χ3v) is 6.51. The van der Waals surface area contributed by atoms with Crippen LogP contribution in [0.5, 0.6) is 0 Å². The summed E-state index contributed by atoms with van der Waals surface area (Å²) in [5.74, 6) is 1.39. The van der Waals surface area contributed by atoms with Gasteiger partial charge in [0, 0.05) is 33.7 Å². The molecule has 4 heteroatoms. The molecule has 5 aromatic carbocycles. The second-order valence-corrected chi connectivity index (χ2v) is 8.78. The van der Waals surface area contributed by atoms with Gasteiger partial charge in [-0.3, -0.25) is 0 Å². The lowest BCUT2D eigenvalue weighted by Crippen LogP contribution is -1.97. The molecule has 0 saturated carbocycles. The Morgan fingerprint density at radius 1 is 0.444 bits per heavy atom. The summed E-state index contributed by atoms with van der Waals surface area (Å²) in [6.07, 6.45) is 1.89. The Bertz CT molecular complexity index is 1880. The Morgan fingerprint density at radius 2 is 1.14 bits per heavy atom. The highest BCUT2D eigenvalue weighted by atomic mass is 14.9. The van der Waals surface area contributed by atoms with Crippen LogP contribution in [0.3, 0.4) is 0 Å². The molecular weight excluding hydrogens is 440 g/mol. The Morgan fingerprint density at radius 3 is 1.92 bits per heavy atom. The summed E-state index contributed by atoms with van der Waals surface area (Å²) < 4.78 is 0. The van der Waals surface area contributed by atoms with Crippen molar-refractivity contribution in [3.05, 3.63) is 121 Å². The van der Waals surface area contributed by atoms with E-state index in [1.54, 1.807) is 0 Å². The summed E-state index contributed by atoms with van der Waals surface area (Å²) in [4.78, 5) is 19.7. The molecular formula is C32H20N4. The van der Waals surface area contributed by atoms with E-state index in [1.807, 2.05) is 72.9 Å². The van der Waals surface area contributed by atoms with Gasteiger partial charge in [0.2, 0.25) is 0 Å². The van der Waals surface area contributed by atoms with Crippen LogP contribution in [0.4, 0.5) is 0 Å². The summed E-state index contributed by atoms with van der Waals surface area (Å²) in [5, 5.41) is 4.28. The van der Waals surface area contributed by atoms with Gasteiger partial charge in [-0.25, -0.2) is 19.9 Å². The first-order valence-electron chi connectivity index (χ1n) is 11.9. The minimum absolute atomic E-state index is 0.686. The van der Waals surface area contributed by atoms with Crippen molar-refractivity contribution in [1.29, 1.82) is 0 Å².